The summed E-state index contributed by atoms with van der Waals surface area (Å²) in [6.45, 7) is 5.18. The highest BCUT2D eigenvalue weighted by Crippen LogP contribution is 2.19. The van der Waals surface area contributed by atoms with E-state index in [2.05, 4.69) is 4.72 Å². The van der Waals surface area contributed by atoms with Crippen LogP contribution in [0.2, 0.25) is 0 Å². The lowest BCUT2D eigenvalue weighted by atomic mass is 10.0. The predicted molar refractivity (Wildman–Crippen MR) is 83.7 cm³/mol. The van der Waals surface area contributed by atoms with Gasteiger partial charge in [-0.05, 0) is 36.6 Å². The number of carbonyl (C=O) groups excluding carboxylic acids is 1. The number of hydrogen-bond donors (Lipinski definition) is 1. The van der Waals surface area contributed by atoms with E-state index in [1.54, 1.807) is 22.4 Å². The van der Waals surface area contributed by atoms with E-state index in [4.69, 9.17) is 0 Å². The number of thiophene rings is 1. The van der Waals surface area contributed by atoms with Crippen molar-refractivity contribution < 1.29 is 13.2 Å². The SMILES string of the molecule is CC(C)[C@H](NS(=O)(=O)c1cccs1)C(=O)N1CCCCC1. The molecule has 0 bridgehead atoms. The van der Waals surface area contributed by atoms with Crippen molar-refractivity contribution in [1.82, 2.24) is 9.62 Å². The van der Waals surface area contributed by atoms with Crippen molar-refractivity contribution >= 4 is 27.3 Å². The van der Waals surface area contributed by atoms with E-state index in [1.165, 1.54) is 0 Å². The van der Waals surface area contributed by atoms with Crippen molar-refractivity contribution in [3.63, 3.8) is 0 Å². The van der Waals surface area contributed by atoms with E-state index < -0.39 is 16.1 Å². The van der Waals surface area contributed by atoms with Gasteiger partial charge in [0, 0.05) is 13.1 Å². The fourth-order valence-electron chi connectivity index (χ4n) is 2.42. The lowest BCUT2D eigenvalue weighted by Gasteiger charge is -2.32. The first-order chi connectivity index (χ1) is 9.92. The molecule has 0 aromatic carbocycles. The molecule has 1 fully saturated rings. The minimum atomic E-state index is -3.62. The number of nitrogens with one attached hydrogen (secondary N) is 1. The van der Waals surface area contributed by atoms with Gasteiger partial charge in [-0.15, -0.1) is 11.3 Å². The molecule has 21 heavy (non-hydrogen) atoms. The third-order valence-corrected chi connectivity index (χ3v) is 6.48. The number of hydrogen-bond acceptors (Lipinski definition) is 4. The van der Waals surface area contributed by atoms with Gasteiger partial charge >= 0.3 is 0 Å². The molecule has 0 spiro atoms. The molecule has 1 atom stereocenters. The molecule has 0 saturated carbocycles. The van der Waals surface area contributed by atoms with Gasteiger partial charge in [0.25, 0.3) is 10.0 Å². The summed E-state index contributed by atoms with van der Waals surface area (Å²) < 4.78 is 27.5. The number of sulfonamides is 1. The maximum absolute atomic E-state index is 12.6. The zero-order valence-electron chi connectivity index (χ0n) is 12.4. The van der Waals surface area contributed by atoms with Gasteiger partial charge in [-0.25, -0.2) is 8.42 Å². The summed E-state index contributed by atoms with van der Waals surface area (Å²) in [6.07, 6.45) is 3.12. The fraction of sp³-hybridized carbons (Fsp3) is 0.643. The maximum atomic E-state index is 12.6. The van der Waals surface area contributed by atoms with Crippen LogP contribution in [0, 0.1) is 5.92 Å². The van der Waals surface area contributed by atoms with Crippen molar-refractivity contribution in [2.45, 2.75) is 43.4 Å². The normalized spacial score (nSPS) is 18.0. The lowest BCUT2D eigenvalue weighted by molar-refractivity contribution is -0.134. The summed E-state index contributed by atoms with van der Waals surface area (Å²) in [7, 11) is -3.62. The Morgan fingerprint density at radius 2 is 1.95 bits per heavy atom. The Morgan fingerprint density at radius 1 is 1.29 bits per heavy atom. The maximum Gasteiger partial charge on any atom is 0.250 e. The molecule has 5 nitrogen and oxygen atoms in total. The highest BCUT2D eigenvalue weighted by molar-refractivity contribution is 7.91. The molecule has 7 heteroatoms. The molecule has 1 aromatic rings. The highest BCUT2D eigenvalue weighted by atomic mass is 32.2. The van der Waals surface area contributed by atoms with Gasteiger partial charge < -0.3 is 4.90 Å². The molecular weight excluding hydrogens is 308 g/mol. The lowest BCUT2D eigenvalue weighted by Crippen LogP contribution is -2.52. The van der Waals surface area contributed by atoms with Crippen LogP contribution in [0.3, 0.4) is 0 Å². The third-order valence-electron chi connectivity index (χ3n) is 3.64. The van der Waals surface area contributed by atoms with E-state index in [9.17, 15) is 13.2 Å². The Labute approximate surface area is 130 Å². The third kappa shape index (κ3) is 4.05. The van der Waals surface area contributed by atoms with Crippen LogP contribution in [-0.2, 0) is 14.8 Å². The summed E-state index contributed by atoms with van der Waals surface area (Å²) >= 11 is 1.16. The molecule has 1 amide bonds. The van der Waals surface area contributed by atoms with Crippen LogP contribution in [0.5, 0.6) is 0 Å². The minimum Gasteiger partial charge on any atom is -0.341 e. The highest BCUT2D eigenvalue weighted by Gasteiger charge is 2.32. The smallest absolute Gasteiger partial charge is 0.250 e. The number of rotatable bonds is 5. The van der Waals surface area contributed by atoms with Crippen LogP contribution >= 0.6 is 11.3 Å². The van der Waals surface area contributed by atoms with Crippen molar-refractivity contribution in [1.29, 1.82) is 0 Å². The van der Waals surface area contributed by atoms with Gasteiger partial charge in [-0.1, -0.05) is 19.9 Å². The summed E-state index contributed by atoms with van der Waals surface area (Å²) in [5.74, 6) is -0.195. The topological polar surface area (TPSA) is 66.5 Å². The first-order valence-electron chi connectivity index (χ1n) is 7.26. The average Bonchev–Trinajstić information content (AvgIpc) is 3.00. The van der Waals surface area contributed by atoms with E-state index in [0.717, 1.165) is 43.7 Å². The Morgan fingerprint density at radius 3 is 2.48 bits per heavy atom. The van der Waals surface area contributed by atoms with E-state index in [0.29, 0.717) is 0 Å². The Balaban J connectivity index is 2.14. The van der Waals surface area contributed by atoms with Crippen LogP contribution < -0.4 is 4.72 Å². The second kappa shape index (κ2) is 6.89. The van der Waals surface area contributed by atoms with Crippen molar-refractivity contribution in [3.8, 4) is 0 Å². The number of nitrogens with zero attached hydrogens (tertiary/aromatic N) is 1. The summed E-state index contributed by atoms with van der Waals surface area (Å²) in [6, 6.07) is 2.54. The van der Waals surface area contributed by atoms with Crippen LogP contribution in [0.25, 0.3) is 0 Å². The zero-order chi connectivity index (χ0) is 15.5. The summed E-state index contributed by atoms with van der Waals surface area (Å²) in [5.41, 5.74) is 0. The standard InChI is InChI=1S/C14H22N2O3S2/c1-11(2)13(14(17)16-8-4-3-5-9-16)15-21(18,19)12-7-6-10-20-12/h6-7,10-11,13,15H,3-5,8-9H2,1-2H3/t13-/m0/s1. The molecule has 1 aliphatic rings. The summed E-state index contributed by atoms with van der Waals surface area (Å²) in [4.78, 5) is 14.4. The van der Waals surface area contributed by atoms with Gasteiger partial charge in [-0.2, -0.15) is 4.72 Å². The Hall–Kier alpha value is -0.920. The van der Waals surface area contributed by atoms with Crippen LogP contribution in [0.15, 0.2) is 21.7 Å². The molecule has 1 aliphatic heterocycles. The van der Waals surface area contributed by atoms with Crippen molar-refractivity contribution in [2.75, 3.05) is 13.1 Å². The Kier molecular flexibility index (Phi) is 5.40. The van der Waals surface area contributed by atoms with Crippen LogP contribution in [-0.4, -0.2) is 38.4 Å². The summed E-state index contributed by atoms with van der Waals surface area (Å²) in [5, 5.41) is 1.71. The van der Waals surface area contributed by atoms with Crippen molar-refractivity contribution in [3.05, 3.63) is 17.5 Å². The van der Waals surface area contributed by atoms with Gasteiger partial charge in [0.15, 0.2) is 0 Å². The zero-order valence-corrected chi connectivity index (χ0v) is 14.0. The van der Waals surface area contributed by atoms with Crippen molar-refractivity contribution in [2.24, 2.45) is 5.92 Å². The second-order valence-electron chi connectivity index (χ2n) is 5.66. The van der Waals surface area contributed by atoms with E-state index in [-0.39, 0.29) is 16.0 Å². The fourth-order valence-corrected chi connectivity index (χ4v) is 4.77. The first kappa shape index (κ1) is 16.5. The van der Waals surface area contributed by atoms with Gasteiger partial charge in [-0.3, -0.25) is 4.79 Å². The molecule has 2 rings (SSSR count). The van der Waals surface area contributed by atoms with E-state index in [1.807, 2.05) is 13.8 Å². The molecule has 0 aliphatic carbocycles. The van der Waals surface area contributed by atoms with E-state index >= 15 is 0 Å². The first-order valence-corrected chi connectivity index (χ1v) is 9.63. The molecular formula is C14H22N2O3S2. The molecule has 118 valence electrons. The van der Waals surface area contributed by atoms with Gasteiger partial charge in [0.2, 0.25) is 5.91 Å². The van der Waals surface area contributed by atoms with Crippen LogP contribution in [0.4, 0.5) is 0 Å². The predicted octanol–water partition coefficient (Wildman–Crippen LogP) is 2.06. The quantitative estimate of drug-likeness (QED) is 0.899. The monoisotopic (exact) mass is 330 g/mol. The average molecular weight is 330 g/mol. The van der Waals surface area contributed by atoms with Crippen LogP contribution in [0.1, 0.15) is 33.1 Å². The number of amides is 1. The Bertz CT molecular complexity index is 561. The molecule has 2 heterocycles. The molecule has 1 saturated heterocycles. The molecule has 1 aromatic heterocycles. The number of likely N-dealkylation sites (tertiary alicyclic amines) is 1. The molecule has 0 radical (unpaired) electrons. The molecule has 1 N–H and O–H groups in total. The minimum absolute atomic E-state index is 0.0887. The second-order valence-corrected chi connectivity index (χ2v) is 8.55. The number of carbonyl (C=O) groups is 1. The number of piperidine rings is 1. The largest absolute Gasteiger partial charge is 0.341 e. The van der Waals surface area contributed by atoms with Gasteiger partial charge in [0.1, 0.15) is 10.3 Å². The van der Waals surface area contributed by atoms with Gasteiger partial charge in [0.05, 0.1) is 0 Å². The molecule has 0 unspecified atom stereocenters.